The van der Waals surface area contributed by atoms with Gasteiger partial charge in [0.05, 0.1) is 12.0 Å². The maximum absolute atomic E-state index is 11.0. The highest BCUT2D eigenvalue weighted by atomic mass is 16.6. The van der Waals surface area contributed by atoms with Crippen molar-refractivity contribution >= 4 is 11.4 Å². The van der Waals surface area contributed by atoms with Crippen LogP contribution < -0.4 is 10.1 Å². The summed E-state index contributed by atoms with van der Waals surface area (Å²) in [4.78, 5) is 14.5. The van der Waals surface area contributed by atoms with Gasteiger partial charge >= 0.3 is 5.69 Å². The first kappa shape index (κ1) is 13.8. The molecule has 6 nitrogen and oxygen atoms in total. The Hall–Kier alpha value is -2.63. The summed E-state index contributed by atoms with van der Waals surface area (Å²) in [5, 5.41) is 14.2. The molecule has 2 rings (SSSR count). The maximum Gasteiger partial charge on any atom is 0.312 e. The van der Waals surface area contributed by atoms with Gasteiger partial charge < -0.3 is 10.1 Å². The average molecular weight is 273 g/mol. The van der Waals surface area contributed by atoms with Crippen molar-refractivity contribution in [2.45, 2.75) is 13.0 Å². The minimum Gasteiger partial charge on any atom is -0.490 e. The van der Waals surface area contributed by atoms with E-state index < -0.39 is 4.92 Å². The maximum atomic E-state index is 11.0. The third kappa shape index (κ3) is 3.03. The highest BCUT2D eigenvalue weighted by molar-refractivity contribution is 5.59. The number of aromatic nitrogens is 1. The Balaban J connectivity index is 2.22. The zero-order chi connectivity index (χ0) is 14.5. The van der Waals surface area contributed by atoms with Crippen molar-refractivity contribution in [2.24, 2.45) is 0 Å². The molecular formula is C14H15N3O3. The first-order chi connectivity index (χ1) is 9.61. The van der Waals surface area contributed by atoms with E-state index in [2.05, 4.69) is 10.3 Å². The van der Waals surface area contributed by atoms with Crippen molar-refractivity contribution < 1.29 is 9.66 Å². The van der Waals surface area contributed by atoms with Crippen molar-refractivity contribution in [1.82, 2.24) is 4.98 Å². The number of nitrogens with zero attached hydrogens (tertiary/aromatic N) is 2. The Morgan fingerprint density at radius 2 is 2.00 bits per heavy atom. The van der Waals surface area contributed by atoms with E-state index >= 15 is 0 Å². The molecule has 6 heteroatoms. The van der Waals surface area contributed by atoms with Crippen LogP contribution in [0.3, 0.4) is 0 Å². The van der Waals surface area contributed by atoms with Crippen LogP contribution in [0.1, 0.15) is 18.5 Å². The number of pyridine rings is 1. The number of nitrogens with one attached hydrogen (secondary N) is 1. The van der Waals surface area contributed by atoms with Gasteiger partial charge in [0.2, 0.25) is 0 Å². The number of benzene rings is 1. The molecular weight excluding hydrogens is 258 g/mol. The van der Waals surface area contributed by atoms with E-state index in [0.29, 0.717) is 5.69 Å². The lowest BCUT2D eigenvalue weighted by molar-refractivity contribution is -0.385. The molecule has 0 bridgehead atoms. The molecule has 1 heterocycles. The summed E-state index contributed by atoms with van der Waals surface area (Å²) >= 11 is 0. The summed E-state index contributed by atoms with van der Waals surface area (Å²) in [5.41, 5.74) is 1.67. The summed E-state index contributed by atoms with van der Waals surface area (Å²) in [6.07, 6.45) is 3.42. The quantitative estimate of drug-likeness (QED) is 0.668. The third-order valence-corrected chi connectivity index (χ3v) is 2.96. The number of hydrogen-bond donors (Lipinski definition) is 1. The van der Waals surface area contributed by atoms with Gasteiger partial charge in [0, 0.05) is 30.2 Å². The van der Waals surface area contributed by atoms with Crippen LogP contribution in [0.25, 0.3) is 0 Å². The van der Waals surface area contributed by atoms with Gasteiger partial charge in [-0.05, 0) is 36.8 Å². The Morgan fingerprint density at radius 1 is 1.30 bits per heavy atom. The van der Waals surface area contributed by atoms with E-state index in [4.69, 9.17) is 4.74 Å². The number of anilines is 1. The number of hydrogen-bond acceptors (Lipinski definition) is 5. The molecule has 104 valence electrons. The predicted molar refractivity (Wildman–Crippen MR) is 75.9 cm³/mol. The molecule has 1 unspecified atom stereocenters. The highest BCUT2D eigenvalue weighted by Crippen LogP contribution is 2.31. The van der Waals surface area contributed by atoms with E-state index in [1.807, 2.05) is 19.1 Å². The lowest BCUT2D eigenvalue weighted by Crippen LogP contribution is -2.07. The number of nitro groups is 1. The van der Waals surface area contributed by atoms with Gasteiger partial charge in [0.25, 0.3) is 0 Å². The van der Waals surface area contributed by atoms with Gasteiger partial charge in [-0.15, -0.1) is 0 Å². The van der Waals surface area contributed by atoms with E-state index in [0.717, 1.165) is 5.56 Å². The average Bonchev–Trinajstić information content (AvgIpc) is 2.48. The molecule has 2 aromatic rings. The molecule has 0 aliphatic rings. The Labute approximate surface area is 116 Å². The lowest BCUT2D eigenvalue weighted by atomic mass is 10.1. The van der Waals surface area contributed by atoms with Crippen LogP contribution in [0.5, 0.6) is 5.75 Å². The fourth-order valence-corrected chi connectivity index (χ4v) is 1.91. The number of ether oxygens (including phenoxy) is 1. The number of methoxy groups -OCH3 is 1. The molecule has 1 N–H and O–H groups in total. The molecule has 0 saturated carbocycles. The summed E-state index contributed by atoms with van der Waals surface area (Å²) in [7, 11) is 1.41. The van der Waals surface area contributed by atoms with Crippen LogP contribution in [-0.2, 0) is 0 Å². The monoisotopic (exact) mass is 273 g/mol. The molecule has 1 aromatic carbocycles. The van der Waals surface area contributed by atoms with Crippen molar-refractivity contribution in [2.75, 3.05) is 12.4 Å². The van der Waals surface area contributed by atoms with Crippen LogP contribution in [0.4, 0.5) is 11.4 Å². The van der Waals surface area contributed by atoms with Crippen molar-refractivity contribution in [1.29, 1.82) is 0 Å². The lowest BCUT2D eigenvalue weighted by Gasteiger charge is -2.15. The van der Waals surface area contributed by atoms with Crippen LogP contribution >= 0.6 is 0 Å². The highest BCUT2D eigenvalue weighted by Gasteiger charge is 2.16. The molecule has 0 saturated heterocycles. The van der Waals surface area contributed by atoms with Gasteiger partial charge in [-0.3, -0.25) is 15.1 Å². The van der Waals surface area contributed by atoms with Crippen LogP contribution in [0.2, 0.25) is 0 Å². The van der Waals surface area contributed by atoms with E-state index in [1.165, 1.54) is 13.2 Å². The summed E-state index contributed by atoms with van der Waals surface area (Å²) in [5.74, 6) is 0.247. The molecule has 0 fully saturated rings. The first-order valence-electron chi connectivity index (χ1n) is 6.10. The largest absolute Gasteiger partial charge is 0.490 e. The van der Waals surface area contributed by atoms with E-state index in [9.17, 15) is 10.1 Å². The molecule has 0 spiro atoms. The zero-order valence-electron chi connectivity index (χ0n) is 11.2. The summed E-state index contributed by atoms with van der Waals surface area (Å²) < 4.78 is 4.97. The Kier molecular flexibility index (Phi) is 4.14. The van der Waals surface area contributed by atoms with Crippen LogP contribution in [0, 0.1) is 10.1 Å². The van der Waals surface area contributed by atoms with Crippen molar-refractivity contribution in [3.05, 3.63) is 58.4 Å². The van der Waals surface area contributed by atoms with E-state index in [1.54, 1.807) is 24.5 Å². The Bertz CT molecular complexity index is 602. The number of rotatable bonds is 5. The summed E-state index contributed by atoms with van der Waals surface area (Å²) in [6, 6.07) is 8.62. The molecule has 20 heavy (non-hydrogen) atoms. The second kappa shape index (κ2) is 6.01. The smallest absolute Gasteiger partial charge is 0.312 e. The van der Waals surface area contributed by atoms with Crippen molar-refractivity contribution in [3.8, 4) is 5.75 Å². The second-order valence-corrected chi connectivity index (χ2v) is 4.29. The summed E-state index contributed by atoms with van der Waals surface area (Å²) in [6.45, 7) is 1.98. The first-order valence-corrected chi connectivity index (χ1v) is 6.10. The van der Waals surface area contributed by atoms with Gasteiger partial charge in [0.15, 0.2) is 5.75 Å². The molecule has 0 amide bonds. The fraction of sp³-hybridized carbons (Fsp3) is 0.214. The van der Waals surface area contributed by atoms with E-state index in [-0.39, 0.29) is 17.5 Å². The van der Waals surface area contributed by atoms with Gasteiger partial charge in [0.1, 0.15) is 0 Å². The number of nitro benzene ring substituents is 1. The normalized spacial score (nSPS) is 11.7. The minimum atomic E-state index is -0.457. The Morgan fingerprint density at radius 3 is 2.60 bits per heavy atom. The SMILES string of the molecule is COc1ccc(NC(C)c2ccncc2)cc1[N+](=O)[O-]. The van der Waals surface area contributed by atoms with Gasteiger partial charge in [-0.25, -0.2) is 0 Å². The predicted octanol–water partition coefficient (Wildman–Crippen LogP) is 3.17. The van der Waals surface area contributed by atoms with Gasteiger partial charge in [-0.2, -0.15) is 0 Å². The standard InChI is InChI=1S/C14H15N3O3/c1-10(11-5-7-15-8-6-11)16-12-3-4-14(20-2)13(9-12)17(18)19/h3-10,16H,1-2H3. The fourth-order valence-electron chi connectivity index (χ4n) is 1.91. The minimum absolute atomic E-state index is 0.0194. The topological polar surface area (TPSA) is 77.3 Å². The zero-order valence-corrected chi connectivity index (χ0v) is 11.2. The molecule has 1 aromatic heterocycles. The van der Waals surface area contributed by atoms with Crippen molar-refractivity contribution in [3.63, 3.8) is 0 Å². The second-order valence-electron chi connectivity index (χ2n) is 4.29. The third-order valence-electron chi connectivity index (χ3n) is 2.96. The molecule has 0 aliphatic heterocycles. The van der Waals surface area contributed by atoms with Crippen LogP contribution in [0.15, 0.2) is 42.7 Å². The van der Waals surface area contributed by atoms with Crippen LogP contribution in [-0.4, -0.2) is 17.0 Å². The molecule has 1 atom stereocenters. The molecule has 0 aliphatic carbocycles. The molecule has 0 radical (unpaired) electrons. The van der Waals surface area contributed by atoms with Gasteiger partial charge in [-0.1, -0.05) is 0 Å².